The van der Waals surface area contributed by atoms with Crippen LogP contribution in [0.3, 0.4) is 0 Å². The van der Waals surface area contributed by atoms with Gasteiger partial charge in [-0.2, -0.15) is 0 Å². The Morgan fingerprint density at radius 3 is 2.53 bits per heavy atom. The van der Waals surface area contributed by atoms with Crippen molar-refractivity contribution >= 4 is 15.5 Å². The summed E-state index contributed by atoms with van der Waals surface area (Å²) >= 11 is 0. The first-order valence-corrected chi connectivity index (χ1v) is 6.62. The number of hydrogen-bond donors (Lipinski definition) is 0. The molecule has 1 aromatic carbocycles. The van der Waals surface area contributed by atoms with Crippen molar-refractivity contribution in [3.63, 3.8) is 0 Å². The second-order valence-electron chi connectivity index (χ2n) is 3.41. The normalized spacial score (nSPS) is 11.2. The minimum absolute atomic E-state index is 0.0313. The fraction of sp³-hybridized carbons (Fsp3) is 0.400. The minimum Gasteiger partial charge on any atom is -0.490 e. The molecule has 94 valence electrons. The van der Waals surface area contributed by atoms with Crippen LogP contribution in [-0.4, -0.2) is 26.2 Å². The van der Waals surface area contributed by atoms with E-state index in [0.717, 1.165) is 6.07 Å². The summed E-state index contributed by atoms with van der Waals surface area (Å²) in [4.78, 5) is 10.0. The summed E-state index contributed by atoms with van der Waals surface area (Å²) in [5, 5.41) is 10.7. The third kappa shape index (κ3) is 2.94. The van der Waals surface area contributed by atoms with E-state index in [1.807, 2.05) is 0 Å². The van der Waals surface area contributed by atoms with Gasteiger partial charge in [0.2, 0.25) is 0 Å². The van der Waals surface area contributed by atoms with Crippen LogP contribution in [0.1, 0.15) is 13.3 Å². The van der Waals surface area contributed by atoms with Gasteiger partial charge in [0.1, 0.15) is 0 Å². The Morgan fingerprint density at radius 1 is 1.41 bits per heavy atom. The van der Waals surface area contributed by atoms with Gasteiger partial charge in [0, 0.05) is 6.07 Å². The second kappa shape index (κ2) is 5.13. The van der Waals surface area contributed by atoms with Gasteiger partial charge in [-0.25, -0.2) is 8.42 Å². The van der Waals surface area contributed by atoms with Crippen LogP contribution < -0.4 is 4.74 Å². The van der Waals surface area contributed by atoms with Crippen LogP contribution in [0.2, 0.25) is 0 Å². The monoisotopic (exact) mass is 259 g/mol. The largest absolute Gasteiger partial charge is 0.490 e. The van der Waals surface area contributed by atoms with Crippen LogP contribution in [0, 0.1) is 10.1 Å². The fourth-order valence-electron chi connectivity index (χ4n) is 1.39. The van der Waals surface area contributed by atoms with Crippen molar-refractivity contribution in [2.24, 2.45) is 0 Å². The highest BCUT2D eigenvalue weighted by Crippen LogP contribution is 2.29. The molecule has 0 unspecified atom stereocenters. The second-order valence-corrected chi connectivity index (χ2v) is 5.52. The number of hydrogen-bond acceptors (Lipinski definition) is 5. The first kappa shape index (κ1) is 13.4. The predicted molar refractivity (Wildman–Crippen MR) is 62.0 cm³/mol. The number of methoxy groups -OCH3 is 1. The van der Waals surface area contributed by atoms with E-state index >= 15 is 0 Å². The molecular weight excluding hydrogens is 246 g/mol. The molecule has 0 fully saturated rings. The highest BCUT2D eigenvalue weighted by molar-refractivity contribution is 7.91. The summed E-state index contributed by atoms with van der Waals surface area (Å²) in [6, 6.07) is 3.64. The van der Waals surface area contributed by atoms with Crippen molar-refractivity contribution in [3.05, 3.63) is 28.3 Å². The molecule has 0 spiro atoms. The van der Waals surface area contributed by atoms with Crippen molar-refractivity contribution in [2.45, 2.75) is 18.2 Å². The summed E-state index contributed by atoms with van der Waals surface area (Å²) in [6.45, 7) is 1.73. The zero-order chi connectivity index (χ0) is 13.1. The molecular formula is C10H13NO5S. The van der Waals surface area contributed by atoms with Crippen molar-refractivity contribution in [1.29, 1.82) is 0 Å². The highest BCUT2D eigenvalue weighted by atomic mass is 32.2. The van der Waals surface area contributed by atoms with Crippen LogP contribution in [-0.2, 0) is 9.84 Å². The Hall–Kier alpha value is -1.63. The zero-order valence-electron chi connectivity index (χ0n) is 9.54. The average molecular weight is 259 g/mol. The third-order valence-electron chi connectivity index (χ3n) is 2.18. The molecule has 0 aliphatic carbocycles. The molecule has 0 aliphatic rings. The maximum absolute atomic E-state index is 11.7. The zero-order valence-corrected chi connectivity index (χ0v) is 10.4. The Bertz CT molecular complexity index is 523. The Kier molecular flexibility index (Phi) is 4.06. The molecule has 0 bridgehead atoms. The molecule has 6 nitrogen and oxygen atoms in total. The lowest BCUT2D eigenvalue weighted by Gasteiger charge is -2.05. The van der Waals surface area contributed by atoms with Crippen molar-refractivity contribution in [2.75, 3.05) is 12.9 Å². The maximum Gasteiger partial charge on any atom is 0.312 e. The summed E-state index contributed by atoms with van der Waals surface area (Å²) in [5.74, 6) is 0.0154. The number of ether oxygens (including phenoxy) is 1. The smallest absolute Gasteiger partial charge is 0.312 e. The molecule has 1 rings (SSSR count). The first-order chi connectivity index (χ1) is 7.92. The molecule has 1 aromatic rings. The van der Waals surface area contributed by atoms with Crippen LogP contribution >= 0.6 is 0 Å². The van der Waals surface area contributed by atoms with E-state index in [2.05, 4.69) is 0 Å². The first-order valence-electron chi connectivity index (χ1n) is 4.97. The molecule has 17 heavy (non-hydrogen) atoms. The Morgan fingerprint density at radius 2 is 2.06 bits per heavy atom. The maximum atomic E-state index is 11.7. The summed E-state index contributed by atoms with van der Waals surface area (Å²) in [7, 11) is -2.16. The van der Waals surface area contributed by atoms with Crippen molar-refractivity contribution in [3.8, 4) is 5.75 Å². The van der Waals surface area contributed by atoms with E-state index in [4.69, 9.17) is 4.74 Å². The lowest BCUT2D eigenvalue weighted by Crippen LogP contribution is -2.06. The van der Waals surface area contributed by atoms with Gasteiger partial charge in [-0.3, -0.25) is 10.1 Å². The number of nitro groups is 1. The average Bonchev–Trinajstić information content (AvgIpc) is 2.28. The molecule has 0 radical (unpaired) electrons. The molecule has 0 N–H and O–H groups in total. The molecule has 0 aromatic heterocycles. The van der Waals surface area contributed by atoms with Gasteiger partial charge in [-0.05, 0) is 18.6 Å². The number of benzene rings is 1. The van der Waals surface area contributed by atoms with E-state index in [1.165, 1.54) is 19.2 Å². The summed E-state index contributed by atoms with van der Waals surface area (Å²) < 4.78 is 28.3. The van der Waals surface area contributed by atoms with E-state index in [1.54, 1.807) is 6.92 Å². The van der Waals surface area contributed by atoms with Crippen LogP contribution in [0.15, 0.2) is 23.1 Å². The van der Waals surface area contributed by atoms with E-state index in [0.29, 0.717) is 6.42 Å². The molecule has 0 amide bonds. The predicted octanol–water partition coefficient (Wildman–Crippen LogP) is 1.79. The molecule has 7 heteroatoms. The summed E-state index contributed by atoms with van der Waals surface area (Å²) in [5.41, 5.74) is -0.343. The van der Waals surface area contributed by atoms with Crippen LogP contribution in [0.5, 0.6) is 5.75 Å². The topological polar surface area (TPSA) is 86.5 Å². The van der Waals surface area contributed by atoms with Gasteiger partial charge in [-0.1, -0.05) is 6.92 Å². The van der Waals surface area contributed by atoms with Crippen molar-refractivity contribution < 1.29 is 18.1 Å². The highest BCUT2D eigenvalue weighted by Gasteiger charge is 2.21. The van der Waals surface area contributed by atoms with Gasteiger partial charge in [0.25, 0.3) is 0 Å². The SMILES string of the molecule is CCCS(=O)(=O)c1ccc(OC)c([N+](=O)[O-])c1. The fourth-order valence-corrected chi connectivity index (χ4v) is 2.73. The molecule has 0 saturated carbocycles. The number of nitro benzene ring substituents is 1. The van der Waals surface area contributed by atoms with Gasteiger partial charge in [-0.15, -0.1) is 0 Å². The number of sulfone groups is 1. The quantitative estimate of drug-likeness (QED) is 0.594. The Labute approximate surface area is 99.3 Å². The lowest BCUT2D eigenvalue weighted by atomic mass is 10.3. The van der Waals surface area contributed by atoms with Gasteiger partial charge < -0.3 is 4.74 Å². The van der Waals surface area contributed by atoms with E-state index in [9.17, 15) is 18.5 Å². The van der Waals surface area contributed by atoms with Gasteiger partial charge >= 0.3 is 5.69 Å². The molecule has 0 heterocycles. The van der Waals surface area contributed by atoms with Crippen LogP contribution in [0.25, 0.3) is 0 Å². The Balaban J connectivity index is 3.31. The standard InChI is InChI=1S/C10H13NO5S/c1-3-6-17(14,15)8-4-5-10(16-2)9(7-8)11(12)13/h4-5,7H,3,6H2,1-2H3. The lowest BCUT2D eigenvalue weighted by molar-refractivity contribution is -0.386. The van der Waals surface area contributed by atoms with E-state index in [-0.39, 0.29) is 22.1 Å². The molecule has 0 saturated heterocycles. The van der Waals surface area contributed by atoms with E-state index < -0.39 is 14.8 Å². The molecule has 0 aliphatic heterocycles. The molecule has 0 atom stereocenters. The minimum atomic E-state index is -3.45. The van der Waals surface area contributed by atoms with Gasteiger partial charge in [0.15, 0.2) is 15.6 Å². The summed E-state index contributed by atoms with van der Waals surface area (Å²) in [6.07, 6.45) is 0.460. The van der Waals surface area contributed by atoms with Crippen molar-refractivity contribution in [1.82, 2.24) is 0 Å². The third-order valence-corrected chi connectivity index (χ3v) is 4.10. The number of nitrogens with zero attached hydrogens (tertiary/aromatic N) is 1. The number of rotatable bonds is 5. The van der Waals surface area contributed by atoms with Gasteiger partial charge in [0.05, 0.1) is 22.7 Å². The van der Waals surface area contributed by atoms with Crippen LogP contribution in [0.4, 0.5) is 5.69 Å².